The van der Waals surface area contributed by atoms with E-state index in [0.29, 0.717) is 5.70 Å². The largest absolute Gasteiger partial charge is 0.364 e. The van der Waals surface area contributed by atoms with Crippen molar-refractivity contribution in [2.75, 3.05) is 0 Å². The lowest BCUT2D eigenvalue weighted by Gasteiger charge is -2.04. The molecule has 3 nitrogen and oxygen atoms in total. The molecule has 0 atom stereocenters. The van der Waals surface area contributed by atoms with Crippen molar-refractivity contribution in [3.05, 3.63) is 24.0 Å². The maximum Gasteiger partial charge on any atom is 0.264 e. The first-order valence-electron chi connectivity index (χ1n) is 2.72. The smallest absolute Gasteiger partial charge is 0.264 e. The molecule has 0 fully saturated rings. The minimum absolute atomic E-state index is 0.403. The molecule has 0 aromatic carbocycles. The molecule has 1 aliphatic heterocycles. The van der Waals surface area contributed by atoms with Crippen LogP contribution >= 0.6 is 0 Å². The number of allylic oxidation sites excluding steroid dienone is 2. The van der Waals surface area contributed by atoms with Crippen molar-refractivity contribution in [2.45, 2.75) is 6.42 Å². The van der Waals surface area contributed by atoms with E-state index in [2.05, 4.69) is 5.32 Å². The fraction of sp³-hybridized carbons (Fsp3) is 0.167. The average Bonchev–Trinajstić information content (AvgIpc) is 1.90. The van der Waals surface area contributed by atoms with Gasteiger partial charge >= 0.3 is 0 Å². The van der Waals surface area contributed by atoms with Gasteiger partial charge in [-0.15, -0.1) is 0 Å². The molecule has 0 bridgehead atoms. The summed E-state index contributed by atoms with van der Waals surface area (Å²) < 4.78 is 0. The fourth-order valence-corrected chi connectivity index (χ4v) is 0.633. The van der Waals surface area contributed by atoms with Gasteiger partial charge in [-0.2, -0.15) is 0 Å². The first-order chi connectivity index (χ1) is 4.30. The van der Waals surface area contributed by atoms with Crippen LogP contribution in [0.3, 0.4) is 0 Å². The summed E-state index contributed by atoms with van der Waals surface area (Å²) in [6.45, 7) is 0. The Morgan fingerprint density at radius 1 is 1.78 bits per heavy atom. The van der Waals surface area contributed by atoms with Crippen molar-refractivity contribution in [3.8, 4) is 0 Å². The lowest BCUT2D eigenvalue weighted by atomic mass is 10.2. The van der Waals surface area contributed by atoms with Gasteiger partial charge in [0.25, 0.3) is 5.91 Å². The highest BCUT2D eigenvalue weighted by atomic mass is 16.1. The van der Waals surface area contributed by atoms with Crippen molar-refractivity contribution in [2.24, 2.45) is 5.73 Å². The number of hydrogen-bond donors (Lipinski definition) is 2. The molecule has 1 aliphatic rings. The van der Waals surface area contributed by atoms with Crippen LogP contribution in [0.25, 0.3) is 0 Å². The van der Waals surface area contributed by atoms with Gasteiger partial charge in [0.2, 0.25) is 0 Å². The molecule has 3 N–H and O–H groups in total. The minimum Gasteiger partial charge on any atom is -0.364 e. The summed E-state index contributed by atoms with van der Waals surface area (Å²) in [6, 6.07) is 0. The van der Waals surface area contributed by atoms with Gasteiger partial charge in [-0.05, 0) is 12.6 Å². The van der Waals surface area contributed by atoms with Crippen LogP contribution in [-0.2, 0) is 4.79 Å². The van der Waals surface area contributed by atoms with Gasteiger partial charge in [0.05, 0.1) is 5.70 Å². The summed E-state index contributed by atoms with van der Waals surface area (Å²) in [4.78, 5) is 10.4. The highest BCUT2D eigenvalue weighted by Gasteiger charge is 2.01. The van der Waals surface area contributed by atoms with E-state index in [-0.39, 0.29) is 0 Å². The van der Waals surface area contributed by atoms with E-state index in [0.717, 1.165) is 6.42 Å². The van der Waals surface area contributed by atoms with Gasteiger partial charge < -0.3 is 11.1 Å². The number of amides is 1. The lowest BCUT2D eigenvalue weighted by molar-refractivity contribution is -0.114. The number of nitrogens with one attached hydrogen (secondary N) is 1. The number of carbonyl (C=O) groups is 1. The maximum atomic E-state index is 10.4. The molecule has 0 aromatic heterocycles. The fourth-order valence-electron chi connectivity index (χ4n) is 0.633. The van der Waals surface area contributed by atoms with E-state index in [4.69, 9.17) is 5.73 Å². The quantitative estimate of drug-likeness (QED) is 0.511. The van der Waals surface area contributed by atoms with Crippen molar-refractivity contribution in [1.29, 1.82) is 0 Å². The Morgan fingerprint density at radius 2 is 2.56 bits per heavy atom. The topological polar surface area (TPSA) is 55.1 Å². The zero-order valence-electron chi connectivity index (χ0n) is 4.92. The molecule has 3 heteroatoms. The van der Waals surface area contributed by atoms with Crippen LogP contribution in [-0.4, -0.2) is 5.91 Å². The zero-order valence-corrected chi connectivity index (χ0v) is 4.92. The molecule has 9 heavy (non-hydrogen) atoms. The van der Waals surface area contributed by atoms with Crippen LogP contribution < -0.4 is 11.1 Å². The van der Waals surface area contributed by atoms with Crippen molar-refractivity contribution in [1.82, 2.24) is 5.32 Å². The van der Waals surface area contributed by atoms with Crippen LogP contribution in [0.1, 0.15) is 6.42 Å². The maximum absolute atomic E-state index is 10.4. The molecule has 0 unspecified atom stereocenters. The SMILES string of the molecule is NC(=O)C1=CCC=CN1. The molecule has 1 amide bonds. The number of nitrogens with two attached hydrogens (primary N) is 1. The molecule has 0 spiro atoms. The molecule has 1 rings (SSSR count). The Kier molecular flexibility index (Phi) is 1.53. The number of hydrogen-bond acceptors (Lipinski definition) is 2. The first kappa shape index (κ1) is 5.88. The van der Waals surface area contributed by atoms with Crippen molar-refractivity contribution in [3.63, 3.8) is 0 Å². The molecule has 0 saturated heterocycles. The van der Waals surface area contributed by atoms with E-state index < -0.39 is 5.91 Å². The third-order valence-electron chi connectivity index (χ3n) is 1.08. The van der Waals surface area contributed by atoms with Gasteiger partial charge in [-0.3, -0.25) is 4.79 Å². The second kappa shape index (κ2) is 2.35. The summed E-state index contributed by atoms with van der Waals surface area (Å²) in [5, 5.41) is 2.72. The number of carbonyl (C=O) groups excluding carboxylic acids is 1. The lowest BCUT2D eigenvalue weighted by Crippen LogP contribution is -2.23. The molecule has 48 valence electrons. The summed E-state index contributed by atoms with van der Waals surface area (Å²) >= 11 is 0. The van der Waals surface area contributed by atoms with Gasteiger partial charge in [0, 0.05) is 0 Å². The van der Waals surface area contributed by atoms with E-state index in [1.807, 2.05) is 6.08 Å². The predicted molar refractivity (Wildman–Crippen MR) is 34.2 cm³/mol. The summed E-state index contributed by atoms with van der Waals surface area (Å²) in [7, 11) is 0. The standard InChI is InChI=1S/C6H8N2O/c7-6(9)5-3-1-2-4-8-5/h2-4,8H,1H2,(H2,7,9). The van der Waals surface area contributed by atoms with Crippen LogP contribution in [0, 0.1) is 0 Å². The Balaban J connectivity index is 2.61. The molecular formula is C6H8N2O. The Hall–Kier alpha value is -1.25. The second-order valence-corrected chi connectivity index (χ2v) is 1.76. The van der Waals surface area contributed by atoms with E-state index >= 15 is 0 Å². The van der Waals surface area contributed by atoms with Gasteiger partial charge in [-0.25, -0.2) is 0 Å². The molecule has 1 heterocycles. The Labute approximate surface area is 53.2 Å². The highest BCUT2D eigenvalue weighted by Crippen LogP contribution is 1.97. The normalized spacial score (nSPS) is 16.2. The van der Waals surface area contributed by atoms with Crippen LogP contribution in [0.2, 0.25) is 0 Å². The Bertz CT molecular complexity index is 181. The third-order valence-corrected chi connectivity index (χ3v) is 1.08. The number of rotatable bonds is 1. The summed E-state index contributed by atoms with van der Waals surface area (Å²) in [5.41, 5.74) is 5.45. The van der Waals surface area contributed by atoms with Gasteiger partial charge in [0.15, 0.2) is 0 Å². The molecule has 0 aliphatic carbocycles. The number of dihydropyridines is 1. The van der Waals surface area contributed by atoms with E-state index in [1.165, 1.54) is 0 Å². The second-order valence-electron chi connectivity index (χ2n) is 1.76. The molecule has 0 radical (unpaired) electrons. The highest BCUT2D eigenvalue weighted by molar-refractivity contribution is 5.91. The summed E-state index contributed by atoms with van der Waals surface area (Å²) in [5.74, 6) is -0.403. The molecule has 0 aromatic rings. The molecular weight excluding hydrogens is 116 g/mol. The van der Waals surface area contributed by atoms with E-state index in [1.54, 1.807) is 12.3 Å². The molecule has 0 saturated carbocycles. The van der Waals surface area contributed by atoms with Crippen LogP contribution in [0.15, 0.2) is 24.0 Å². The zero-order chi connectivity index (χ0) is 6.69. The number of primary amides is 1. The van der Waals surface area contributed by atoms with Gasteiger partial charge in [0.1, 0.15) is 0 Å². The monoisotopic (exact) mass is 124 g/mol. The Morgan fingerprint density at radius 3 is 2.89 bits per heavy atom. The van der Waals surface area contributed by atoms with Crippen LogP contribution in [0.4, 0.5) is 0 Å². The predicted octanol–water partition coefficient (Wildman–Crippen LogP) is -0.137. The van der Waals surface area contributed by atoms with Crippen LogP contribution in [0.5, 0.6) is 0 Å². The first-order valence-corrected chi connectivity index (χ1v) is 2.72. The van der Waals surface area contributed by atoms with Gasteiger partial charge in [-0.1, -0.05) is 12.2 Å². The van der Waals surface area contributed by atoms with Crippen molar-refractivity contribution < 1.29 is 4.79 Å². The van der Waals surface area contributed by atoms with E-state index in [9.17, 15) is 4.79 Å². The average molecular weight is 124 g/mol. The minimum atomic E-state index is -0.403. The summed E-state index contributed by atoms with van der Waals surface area (Å²) in [6.07, 6.45) is 6.15. The van der Waals surface area contributed by atoms with Crippen molar-refractivity contribution >= 4 is 5.91 Å². The third kappa shape index (κ3) is 1.32.